The quantitative estimate of drug-likeness (QED) is 0.693. The van der Waals surface area contributed by atoms with Crippen molar-refractivity contribution in [2.24, 2.45) is 0 Å². The summed E-state index contributed by atoms with van der Waals surface area (Å²) in [7, 11) is -3.46. The maximum Gasteiger partial charge on any atom is 0.264 e. The molecule has 0 aromatic rings. The molecule has 16 heavy (non-hydrogen) atoms. The Morgan fingerprint density at radius 3 is 1.81 bits per heavy atom. The third-order valence-corrected chi connectivity index (χ3v) is 3.49. The topological polar surface area (TPSA) is 66.5 Å². The maximum atomic E-state index is 12.0. The van der Waals surface area contributed by atoms with Gasteiger partial charge in [-0.05, 0) is 40.5 Å². The number of nitrogens with zero attached hydrogens (tertiary/aromatic N) is 1. The Hall–Kier alpha value is -0.170. The van der Waals surface area contributed by atoms with E-state index in [0.29, 0.717) is 12.8 Å². The second-order valence-corrected chi connectivity index (χ2v) is 7.35. The van der Waals surface area contributed by atoms with Crippen molar-refractivity contribution in [2.75, 3.05) is 6.26 Å². The highest BCUT2D eigenvalue weighted by Crippen LogP contribution is 2.38. The van der Waals surface area contributed by atoms with Gasteiger partial charge in [-0.25, -0.2) is 0 Å². The minimum Gasteiger partial charge on any atom is -0.267 e. The van der Waals surface area contributed by atoms with Crippen molar-refractivity contribution < 1.29 is 17.8 Å². The van der Waals surface area contributed by atoms with Crippen LogP contribution in [-0.4, -0.2) is 36.9 Å². The molecule has 95 valence electrons. The van der Waals surface area contributed by atoms with Crippen LogP contribution in [0, 0.1) is 0 Å². The monoisotopic (exact) mass is 250 g/mol. The molecule has 0 atom stereocenters. The molecule has 1 radical (unpaired) electrons. The lowest BCUT2D eigenvalue weighted by Crippen LogP contribution is -2.60. The third kappa shape index (κ3) is 3.16. The largest absolute Gasteiger partial charge is 0.267 e. The van der Waals surface area contributed by atoms with Crippen molar-refractivity contribution in [3.05, 3.63) is 0 Å². The molecule has 5 nitrogen and oxygen atoms in total. The number of piperidine rings is 1. The fourth-order valence-electron chi connectivity index (χ4n) is 2.49. The summed E-state index contributed by atoms with van der Waals surface area (Å²) in [5.74, 6) is 0. The van der Waals surface area contributed by atoms with Gasteiger partial charge in [-0.1, -0.05) is 0 Å². The Bertz CT molecular complexity index is 343. The first-order valence-corrected chi connectivity index (χ1v) is 7.11. The molecule has 1 aliphatic rings. The molecule has 1 rings (SSSR count). The van der Waals surface area contributed by atoms with E-state index in [4.69, 9.17) is 4.18 Å². The van der Waals surface area contributed by atoms with E-state index >= 15 is 0 Å². The summed E-state index contributed by atoms with van der Waals surface area (Å²) in [6.45, 7) is 7.22. The summed E-state index contributed by atoms with van der Waals surface area (Å²) in [6.07, 6.45) is 1.47. The Labute approximate surface area is 97.5 Å². The van der Waals surface area contributed by atoms with Crippen LogP contribution in [0.5, 0.6) is 0 Å². The molecule has 0 unspecified atom stereocenters. The molecule has 1 fully saturated rings. The van der Waals surface area contributed by atoms with Gasteiger partial charge in [0.1, 0.15) is 0 Å². The molecular weight excluding hydrogens is 230 g/mol. The van der Waals surface area contributed by atoms with E-state index in [1.54, 1.807) is 27.7 Å². The van der Waals surface area contributed by atoms with E-state index in [2.05, 4.69) is 0 Å². The van der Waals surface area contributed by atoms with Gasteiger partial charge in [-0.3, -0.25) is 4.18 Å². The maximum absolute atomic E-state index is 12.0. The van der Waals surface area contributed by atoms with E-state index in [1.165, 1.54) is 0 Å². The van der Waals surface area contributed by atoms with Crippen LogP contribution >= 0.6 is 0 Å². The summed E-state index contributed by atoms with van der Waals surface area (Å²) in [5, 5.41) is 13.0. The molecule has 1 aliphatic heterocycles. The van der Waals surface area contributed by atoms with Crippen molar-refractivity contribution in [1.82, 2.24) is 5.06 Å². The fourth-order valence-corrected chi connectivity index (χ4v) is 3.12. The highest BCUT2D eigenvalue weighted by Gasteiger charge is 2.47. The molecule has 0 N–H and O–H groups in total. The summed E-state index contributed by atoms with van der Waals surface area (Å²) in [4.78, 5) is 0. The number of hydroxylamine groups is 2. The molecule has 0 aromatic carbocycles. The summed E-state index contributed by atoms with van der Waals surface area (Å²) in [6, 6.07) is 0. The molecule has 6 heteroatoms. The first-order valence-electron chi connectivity index (χ1n) is 5.30. The van der Waals surface area contributed by atoms with Gasteiger partial charge in [-0.2, -0.15) is 8.42 Å². The van der Waals surface area contributed by atoms with Crippen molar-refractivity contribution in [1.29, 1.82) is 0 Å². The lowest BCUT2D eigenvalue weighted by Gasteiger charge is -2.49. The molecule has 0 saturated carbocycles. The highest BCUT2D eigenvalue weighted by atomic mass is 32.2. The van der Waals surface area contributed by atoms with Gasteiger partial charge in [0, 0.05) is 11.1 Å². The molecule has 0 spiro atoms. The van der Waals surface area contributed by atoms with Gasteiger partial charge >= 0.3 is 0 Å². The summed E-state index contributed by atoms with van der Waals surface area (Å²) >= 11 is 0. The molecule has 0 bridgehead atoms. The zero-order chi connectivity index (χ0) is 12.8. The molecule has 0 aliphatic carbocycles. The van der Waals surface area contributed by atoms with Gasteiger partial charge in [0.2, 0.25) is 0 Å². The van der Waals surface area contributed by atoms with Crippen LogP contribution in [0.4, 0.5) is 0 Å². The number of hydrogen-bond acceptors (Lipinski definition) is 4. The third-order valence-electron chi connectivity index (χ3n) is 2.86. The van der Waals surface area contributed by atoms with E-state index in [-0.39, 0.29) is 0 Å². The lowest BCUT2D eigenvalue weighted by molar-refractivity contribution is -0.296. The molecule has 0 aromatic heterocycles. The highest BCUT2D eigenvalue weighted by molar-refractivity contribution is 7.86. The van der Waals surface area contributed by atoms with Gasteiger partial charge in [0.05, 0.1) is 12.4 Å². The van der Waals surface area contributed by atoms with E-state index in [0.717, 1.165) is 11.3 Å². The predicted octanol–water partition coefficient (Wildman–Crippen LogP) is 1.33. The zero-order valence-electron chi connectivity index (χ0n) is 10.5. The van der Waals surface area contributed by atoms with Crippen LogP contribution in [0.1, 0.15) is 40.5 Å². The lowest BCUT2D eigenvalue weighted by atomic mass is 9.80. The summed E-state index contributed by atoms with van der Waals surface area (Å²) < 4.78 is 27.2. The average Bonchev–Trinajstić information content (AvgIpc) is 1.95. The predicted molar refractivity (Wildman–Crippen MR) is 59.6 cm³/mol. The zero-order valence-corrected chi connectivity index (χ0v) is 11.3. The van der Waals surface area contributed by atoms with E-state index in [9.17, 15) is 13.6 Å². The van der Waals surface area contributed by atoms with E-state index in [1.807, 2.05) is 0 Å². The average molecular weight is 250 g/mol. The Kier molecular flexibility index (Phi) is 3.42. The van der Waals surface area contributed by atoms with Crippen molar-refractivity contribution >= 4 is 10.1 Å². The van der Waals surface area contributed by atoms with Crippen molar-refractivity contribution in [3.8, 4) is 0 Å². The standard InChI is InChI=1S/C10H20NO4S/c1-9(2)6-8(15-16(5,13)14)7-10(3,4)11(9)12/h8H,6-7H2,1-5H3. The Morgan fingerprint density at radius 2 is 1.50 bits per heavy atom. The Morgan fingerprint density at radius 1 is 1.12 bits per heavy atom. The first kappa shape index (κ1) is 13.9. The van der Waals surface area contributed by atoms with Crippen molar-refractivity contribution in [2.45, 2.75) is 57.7 Å². The molecule has 0 amide bonds. The molecular formula is C10H20NO4S. The molecule has 1 saturated heterocycles. The number of rotatable bonds is 2. The van der Waals surface area contributed by atoms with Crippen LogP contribution in [0.2, 0.25) is 0 Å². The second kappa shape index (κ2) is 3.94. The fraction of sp³-hybridized carbons (Fsp3) is 1.00. The number of hydrogen-bond donors (Lipinski definition) is 0. The van der Waals surface area contributed by atoms with Crippen LogP contribution < -0.4 is 0 Å². The summed E-state index contributed by atoms with van der Waals surface area (Å²) in [5.41, 5.74) is -1.20. The van der Waals surface area contributed by atoms with Gasteiger partial charge in [-0.15, -0.1) is 10.3 Å². The van der Waals surface area contributed by atoms with Crippen LogP contribution in [0.25, 0.3) is 0 Å². The van der Waals surface area contributed by atoms with Crippen LogP contribution in [0.3, 0.4) is 0 Å². The normalized spacial score (nSPS) is 26.9. The van der Waals surface area contributed by atoms with Gasteiger partial charge in [0.25, 0.3) is 10.1 Å². The Balaban J connectivity index is 2.87. The first-order chi connectivity index (χ1) is 6.94. The van der Waals surface area contributed by atoms with E-state index < -0.39 is 27.3 Å². The van der Waals surface area contributed by atoms with Gasteiger partial charge < -0.3 is 0 Å². The smallest absolute Gasteiger partial charge is 0.264 e. The molecule has 1 heterocycles. The van der Waals surface area contributed by atoms with Crippen molar-refractivity contribution in [3.63, 3.8) is 0 Å². The van der Waals surface area contributed by atoms with Crippen LogP contribution in [-0.2, 0) is 19.5 Å². The van der Waals surface area contributed by atoms with Crippen LogP contribution in [0.15, 0.2) is 0 Å². The SMILES string of the molecule is CC1(C)CC(OS(C)(=O)=O)CC(C)(C)N1[O]. The minimum atomic E-state index is -3.46. The van der Waals surface area contributed by atoms with Gasteiger partial charge in [0.15, 0.2) is 0 Å². The second-order valence-electron chi connectivity index (χ2n) is 5.75. The minimum absolute atomic E-state index is 0.412.